The summed E-state index contributed by atoms with van der Waals surface area (Å²) in [6, 6.07) is 4.15. The fourth-order valence-corrected chi connectivity index (χ4v) is 3.33. The Bertz CT molecular complexity index is 545. The molecule has 3 N–H and O–H groups in total. The van der Waals surface area contributed by atoms with Crippen LogP contribution in [0, 0.1) is 0 Å². The average Bonchev–Trinajstić information content (AvgIpc) is 3.14. The number of amides is 1. The van der Waals surface area contributed by atoms with Gasteiger partial charge in [0.1, 0.15) is 5.75 Å². The number of nitrogens with zero attached hydrogens (tertiary/aromatic N) is 1. The van der Waals surface area contributed by atoms with Crippen molar-refractivity contribution in [3.8, 4) is 5.75 Å². The number of fused-ring (bicyclic) bond motifs is 1. The van der Waals surface area contributed by atoms with Crippen LogP contribution in [0.2, 0.25) is 0 Å². The van der Waals surface area contributed by atoms with E-state index >= 15 is 0 Å². The molecule has 21 heavy (non-hydrogen) atoms. The highest BCUT2D eigenvalue weighted by atomic mass is 16.5. The van der Waals surface area contributed by atoms with E-state index in [1.807, 2.05) is 0 Å². The zero-order valence-electron chi connectivity index (χ0n) is 12.5. The number of nitrogen functional groups attached to an aromatic ring is 1. The Kier molecular flexibility index (Phi) is 4.01. The zero-order valence-corrected chi connectivity index (χ0v) is 12.5. The Morgan fingerprint density at radius 3 is 3.19 bits per heavy atom. The van der Waals surface area contributed by atoms with Crippen molar-refractivity contribution in [1.82, 2.24) is 10.2 Å². The van der Waals surface area contributed by atoms with Gasteiger partial charge in [0.15, 0.2) is 0 Å². The molecule has 114 valence electrons. The molecule has 5 nitrogen and oxygen atoms in total. The molecule has 2 heterocycles. The SMILES string of the molecule is CCC1CCCN1CNC(=O)c1ccc(N)c2c1OCC2. The molecule has 1 amide bonds. The highest BCUT2D eigenvalue weighted by Gasteiger charge is 2.25. The van der Waals surface area contributed by atoms with E-state index in [0.29, 0.717) is 36.3 Å². The van der Waals surface area contributed by atoms with Crippen LogP contribution in [0.1, 0.15) is 42.1 Å². The molecule has 0 saturated carbocycles. The van der Waals surface area contributed by atoms with Crippen molar-refractivity contribution in [3.05, 3.63) is 23.3 Å². The third kappa shape index (κ3) is 2.70. The smallest absolute Gasteiger partial charge is 0.256 e. The summed E-state index contributed by atoms with van der Waals surface area (Å²) < 4.78 is 5.59. The van der Waals surface area contributed by atoms with E-state index in [1.54, 1.807) is 12.1 Å². The minimum absolute atomic E-state index is 0.0742. The van der Waals surface area contributed by atoms with Crippen LogP contribution in [-0.2, 0) is 6.42 Å². The van der Waals surface area contributed by atoms with Gasteiger partial charge in [-0.15, -0.1) is 0 Å². The quantitative estimate of drug-likeness (QED) is 0.829. The molecule has 0 aliphatic carbocycles. The summed E-state index contributed by atoms with van der Waals surface area (Å²) in [4.78, 5) is 14.8. The number of nitrogens with one attached hydrogen (secondary N) is 1. The molecule has 2 aliphatic heterocycles. The summed E-state index contributed by atoms with van der Waals surface area (Å²) in [5.41, 5.74) is 8.21. The fourth-order valence-electron chi connectivity index (χ4n) is 3.33. The molecule has 0 spiro atoms. The van der Waals surface area contributed by atoms with Gasteiger partial charge in [0, 0.05) is 30.3 Å². The molecule has 1 saturated heterocycles. The van der Waals surface area contributed by atoms with Gasteiger partial charge in [-0.25, -0.2) is 0 Å². The van der Waals surface area contributed by atoms with Gasteiger partial charge < -0.3 is 15.8 Å². The Hall–Kier alpha value is -1.75. The minimum Gasteiger partial charge on any atom is -0.492 e. The molecule has 0 radical (unpaired) electrons. The summed E-state index contributed by atoms with van der Waals surface area (Å²) in [5.74, 6) is 0.593. The van der Waals surface area contributed by atoms with Crippen molar-refractivity contribution < 1.29 is 9.53 Å². The van der Waals surface area contributed by atoms with Gasteiger partial charge in [0.25, 0.3) is 5.91 Å². The predicted molar refractivity (Wildman–Crippen MR) is 82.4 cm³/mol. The second-order valence-electron chi connectivity index (χ2n) is 5.79. The van der Waals surface area contributed by atoms with E-state index in [-0.39, 0.29) is 5.91 Å². The maximum absolute atomic E-state index is 12.4. The van der Waals surface area contributed by atoms with Crippen molar-refractivity contribution in [2.45, 2.75) is 38.6 Å². The first-order chi connectivity index (χ1) is 10.2. The van der Waals surface area contributed by atoms with Gasteiger partial charge in [-0.1, -0.05) is 6.92 Å². The number of benzene rings is 1. The van der Waals surface area contributed by atoms with Gasteiger partial charge in [0.05, 0.1) is 18.8 Å². The van der Waals surface area contributed by atoms with E-state index in [1.165, 1.54) is 12.8 Å². The van der Waals surface area contributed by atoms with Gasteiger partial charge >= 0.3 is 0 Å². The van der Waals surface area contributed by atoms with Crippen molar-refractivity contribution in [1.29, 1.82) is 0 Å². The second kappa shape index (κ2) is 5.93. The van der Waals surface area contributed by atoms with Crippen LogP contribution in [0.4, 0.5) is 5.69 Å². The summed E-state index contributed by atoms with van der Waals surface area (Å²) in [6.07, 6.45) is 4.37. The number of nitrogens with two attached hydrogens (primary N) is 1. The van der Waals surface area contributed by atoms with Gasteiger partial charge in [-0.2, -0.15) is 0 Å². The summed E-state index contributed by atoms with van der Waals surface area (Å²) in [5, 5.41) is 3.02. The van der Waals surface area contributed by atoms with E-state index in [2.05, 4.69) is 17.1 Å². The van der Waals surface area contributed by atoms with Gasteiger partial charge in [0.2, 0.25) is 0 Å². The highest BCUT2D eigenvalue weighted by Crippen LogP contribution is 2.33. The molecule has 1 aromatic rings. The summed E-state index contributed by atoms with van der Waals surface area (Å²) in [6.45, 7) is 4.48. The lowest BCUT2D eigenvalue weighted by atomic mass is 10.1. The van der Waals surface area contributed by atoms with Crippen molar-refractivity contribution in [2.24, 2.45) is 0 Å². The van der Waals surface area contributed by atoms with Crippen LogP contribution >= 0.6 is 0 Å². The third-order valence-electron chi connectivity index (χ3n) is 4.55. The maximum atomic E-state index is 12.4. The van der Waals surface area contributed by atoms with Crippen molar-refractivity contribution in [2.75, 3.05) is 25.6 Å². The second-order valence-corrected chi connectivity index (χ2v) is 5.79. The molecule has 1 aromatic carbocycles. The monoisotopic (exact) mass is 289 g/mol. The zero-order chi connectivity index (χ0) is 14.8. The fraction of sp³-hybridized carbons (Fsp3) is 0.562. The Labute approximate surface area is 125 Å². The molecule has 5 heteroatoms. The number of carbonyl (C=O) groups excluding carboxylic acids is 1. The third-order valence-corrected chi connectivity index (χ3v) is 4.55. The Morgan fingerprint density at radius 1 is 1.52 bits per heavy atom. The topological polar surface area (TPSA) is 67.6 Å². The standard InChI is InChI=1S/C16H23N3O2/c1-2-11-4-3-8-19(11)10-18-16(20)13-5-6-14(17)12-7-9-21-15(12)13/h5-6,11H,2-4,7-10,17H2,1H3,(H,18,20). The maximum Gasteiger partial charge on any atom is 0.256 e. The molecule has 1 fully saturated rings. The lowest BCUT2D eigenvalue weighted by molar-refractivity contribution is 0.0914. The molecule has 0 bridgehead atoms. The van der Waals surface area contributed by atoms with E-state index in [4.69, 9.17) is 10.5 Å². The van der Waals surface area contributed by atoms with E-state index < -0.39 is 0 Å². The number of likely N-dealkylation sites (tertiary alicyclic amines) is 1. The van der Waals surface area contributed by atoms with Gasteiger partial charge in [-0.05, 0) is 31.4 Å². The molecule has 2 aliphatic rings. The summed E-state index contributed by atoms with van der Waals surface area (Å²) >= 11 is 0. The minimum atomic E-state index is -0.0742. The number of anilines is 1. The van der Waals surface area contributed by atoms with Crippen LogP contribution in [-0.4, -0.2) is 36.7 Å². The number of rotatable bonds is 4. The van der Waals surface area contributed by atoms with Crippen molar-refractivity contribution in [3.63, 3.8) is 0 Å². The van der Waals surface area contributed by atoms with Crippen LogP contribution < -0.4 is 15.8 Å². The molecular formula is C16H23N3O2. The Balaban J connectivity index is 1.68. The first kappa shape index (κ1) is 14.2. The van der Waals surface area contributed by atoms with E-state index in [9.17, 15) is 4.79 Å². The number of ether oxygens (including phenoxy) is 1. The molecule has 0 aromatic heterocycles. The Morgan fingerprint density at radius 2 is 2.38 bits per heavy atom. The van der Waals surface area contributed by atoms with Crippen LogP contribution in [0.15, 0.2) is 12.1 Å². The van der Waals surface area contributed by atoms with Crippen LogP contribution in [0.5, 0.6) is 5.75 Å². The lowest BCUT2D eigenvalue weighted by Crippen LogP contribution is -2.40. The number of carbonyl (C=O) groups is 1. The highest BCUT2D eigenvalue weighted by molar-refractivity contribution is 5.98. The van der Waals surface area contributed by atoms with Crippen LogP contribution in [0.25, 0.3) is 0 Å². The average molecular weight is 289 g/mol. The molecule has 1 unspecified atom stereocenters. The van der Waals surface area contributed by atoms with E-state index in [0.717, 1.165) is 24.9 Å². The lowest BCUT2D eigenvalue weighted by Gasteiger charge is -2.23. The number of hydrogen-bond donors (Lipinski definition) is 2. The molecule has 3 rings (SSSR count). The van der Waals surface area contributed by atoms with Gasteiger partial charge in [-0.3, -0.25) is 9.69 Å². The summed E-state index contributed by atoms with van der Waals surface area (Å²) in [7, 11) is 0. The predicted octanol–water partition coefficient (Wildman–Crippen LogP) is 1.77. The molecule has 1 atom stereocenters. The van der Waals surface area contributed by atoms with Crippen molar-refractivity contribution >= 4 is 11.6 Å². The normalized spacial score (nSPS) is 21.1. The molecular weight excluding hydrogens is 266 g/mol. The first-order valence-electron chi connectivity index (χ1n) is 7.77. The first-order valence-corrected chi connectivity index (χ1v) is 7.77. The van der Waals surface area contributed by atoms with Crippen LogP contribution in [0.3, 0.4) is 0 Å². The largest absolute Gasteiger partial charge is 0.492 e. The number of hydrogen-bond acceptors (Lipinski definition) is 4.